The zero-order valence-corrected chi connectivity index (χ0v) is 31.4. The summed E-state index contributed by atoms with van der Waals surface area (Å²) in [5.74, 6) is -1.74. The molecule has 3 aliphatic rings. The Bertz CT molecular complexity index is 938. The number of hydrogen-bond acceptors (Lipinski definition) is 21. The Kier molecular flexibility index (Phi) is 21.6. The van der Waals surface area contributed by atoms with Gasteiger partial charge >= 0.3 is 88.7 Å². The van der Waals surface area contributed by atoms with E-state index in [1.165, 1.54) is 0 Å². The first-order valence-corrected chi connectivity index (χ1v) is 13.9. The number of hydrogen-bond donors (Lipinski definition) is 9. The van der Waals surface area contributed by atoms with Crippen LogP contribution in [0.2, 0.25) is 0 Å². The number of carbonyl (C=O) groups excluding carboxylic acids is 1. The quantitative estimate of drug-likeness (QED) is 0.0671. The van der Waals surface area contributed by atoms with Crippen LogP contribution in [-0.2, 0) is 42.3 Å². The average Bonchev–Trinajstić information content (AvgIpc) is 2.93. The molecule has 0 amide bonds. The van der Waals surface area contributed by atoms with Crippen LogP contribution < -0.4 is 109 Å². The number of aliphatic hydroxyl groups excluding tert-OH is 8. The van der Waals surface area contributed by atoms with E-state index in [2.05, 4.69) is 4.52 Å². The number of carboxylic acids is 1. The molecule has 0 radical (unpaired) electrons. The molecular formula is C20H33NNa3O20P. The maximum atomic E-state index is 11.3. The summed E-state index contributed by atoms with van der Waals surface area (Å²) in [5, 5.41) is 92.0. The van der Waals surface area contributed by atoms with E-state index in [1.54, 1.807) is 0 Å². The Morgan fingerprint density at radius 3 is 1.87 bits per heavy atom. The largest absolute Gasteiger partial charge is 1.00 e. The predicted octanol–water partition coefficient (Wildman–Crippen LogP) is -19.0. The monoisotopic (exact) mass is 707 g/mol. The van der Waals surface area contributed by atoms with Gasteiger partial charge in [0.1, 0.15) is 67.1 Å². The number of carbonyl (C=O) groups is 1. The number of carboxylic acid groups (broad SMARTS) is 1. The molecule has 0 unspecified atom stereocenters. The van der Waals surface area contributed by atoms with Crippen molar-refractivity contribution >= 4 is 13.8 Å². The van der Waals surface area contributed by atoms with Crippen molar-refractivity contribution in [2.45, 2.75) is 92.1 Å². The van der Waals surface area contributed by atoms with Crippen LogP contribution in [0.5, 0.6) is 0 Å². The van der Waals surface area contributed by atoms with Crippen molar-refractivity contribution in [3.8, 4) is 0 Å². The van der Waals surface area contributed by atoms with E-state index in [-0.39, 0.29) is 88.7 Å². The smallest absolute Gasteiger partial charge is 0.790 e. The van der Waals surface area contributed by atoms with Crippen molar-refractivity contribution in [3.63, 3.8) is 0 Å². The molecule has 3 saturated heterocycles. The number of aliphatic carboxylic acids is 1. The van der Waals surface area contributed by atoms with E-state index in [1.807, 2.05) is 0 Å². The molecule has 0 aromatic heterocycles. The third-order valence-corrected chi connectivity index (χ3v) is 7.18. The predicted molar refractivity (Wildman–Crippen MR) is 118 cm³/mol. The second-order valence-electron chi connectivity index (χ2n) is 9.65. The van der Waals surface area contributed by atoms with Crippen LogP contribution in [0, 0.1) is 0 Å². The topological polar surface area (TPSA) is 356 Å². The molecule has 246 valence electrons. The second-order valence-corrected chi connectivity index (χ2v) is 10.8. The van der Waals surface area contributed by atoms with Gasteiger partial charge in [-0.05, 0) is 0 Å². The average molecular weight is 707 g/mol. The molecule has 10 N–H and O–H groups in total. The van der Waals surface area contributed by atoms with Gasteiger partial charge in [0.15, 0.2) is 18.9 Å². The Morgan fingerprint density at radius 1 is 0.800 bits per heavy atom. The van der Waals surface area contributed by atoms with Gasteiger partial charge < -0.3 is 104 Å². The fourth-order valence-electron chi connectivity index (χ4n) is 4.39. The van der Waals surface area contributed by atoms with Crippen LogP contribution in [0.25, 0.3) is 0 Å². The van der Waals surface area contributed by atoms with E-state index < -0.39 is 132 Å². The van der Waals surface area contributed by atoms with Gasteiger partial charge in [0.2, 0.25) is 0 Å². The number of phosphoric ester groups is 1. The van der Waals surface area contributed by atoms with Crippen molar-refractivity contribution < 1.29 is 187 Å². The minimum absolute atomic E-state index is 0. The third kappa shape index (κ3) is 12.3. The molecule has 0 saturated carbocycles. The number of phosphoric acid groups is 1. The fraction of sp³-hybridized carbons (Fsp3) is 0.950. The summed E-state index contributed by atoms with van der Waals surface area (Å²) in [6.45, 7) is -3.18. The first-order chi connectivity index (χ1) is 19.6. The number of aliphatic hydroxyl groups is 8. The van der Waals surface area contributed by atoms with Crippen molar-refractivity contribution in [3.05, 3.63) is 0 Å². The van der Waals surface area contributed by atoms with Crippen molar-refractivity contribution in [2.24, 2.45) is 5.73 Å². The molecule has 3 fully saturated rings. The van der Waals surface area contributed by atoms with Crippen LogP contribution in [0.4, 0.5) is 0 Å². The van der Waals surface area contributed by atoms with Gasteiger partial charge in [0.05, 0.1) is 46.3 Å². The Balaban J connectivity index is 0.00000645. The van der Waals surface area contributed by atoms with Gasteiger partial charge in [-0.2, -0.15) is 0 Å². The summed E-state index contributed by atoms with van der Waals surface area (Å²) in [7, 11) is -5.81. The summed E-state index contributed by atoms with van der Waals surface area (Å²) in [5.41, 5.74) is 5.25. The molecule has 0 aromatic carbocycles. The normalized spacial score (nSPS) is 41.1. The molecule has 3 heterocycles. The number of ether oxygens (including phenoxy) is 6. The third-order valence-electron chi connectivity index (χ3n) is 6.67. The Labute approximate surface area is 321 Å². The standard InChI is InChI=1S/C20H36NO20P.3Na/c21-5(17(30)31)3-35-20-16(41-42(32,33)34)10(25)8(4-36-20)39-18-14(29)12(27)15(7(2-23)38-18)40-19-13(28)11(26)9(24)6(1-22)37-19;;;/h5-16,18-20,22-29H,1-4,21H2,(H,30,31)(H2,32,33,34);;;/q;3*+1/p-3/t5-,6+,7+,8+,9-,10-,11-,12+,13+,14+,15-,16+,18-,19-,20+;;;/m0.../s1. The van der Waals surface area contributed by atoms with Gasteiger partial charge in [-0.1, -0.05) is 0 Å². The zero-order valence-electron chi connectivity index (χ0n) is 24.5. The van der Waals surface area contributed by atoms with Gasteiger partial charge in [0.25, 0.3) is 0 Å². The van der Waals surface area contributed by atoms with E-state index in [0.29, 0.717) is 0 Å². The molecule has 0 aliphatic carbocycles. The molecule has 45 heavy (non-hydrogen) atoms. The Hall–Kier alpha value is 1.98. The molecule has 0 bridgehead atoms. The van der Waals surface area contributed by atoms with Crippen molar-refractivity contribution in [1.29, 1.82) is 0 Å². The molecule has 3 rings (SSSR count). The van der Waals surface area contributed by atoms with Crippen LogP contribution in [-0.4, -0.2) is 165 Å². The maximum absolute atomic E-state index is 11.3. The summed E-state index contributed by atoms with van der Waals surface area (Å²) in [6.07, 6.45) is -25.4. The molecule has 3 aliphatic heterocycles. The first kappa shape index (κ1) is 47.0. The molecule has 15 atom stereocenters. The van der Waals surface area contributed by atoms with Crippen LogP contribution >= 0.6 is 7.82 Å². The summed E-state index contributed by atoms with van der Waals surface area (Å²) in [6, 6.07) is -1.70. The van der Waals surface area contributed by atoms with E-state index in [4.69, 9.17) is 34.2 Å². The summed E-state index contributed by atoms with van der Waals surface area (Å²) in [4.78, 5) is 33.3. The van der Waals surface area contributed by atoms with Gasteiger partial charge in [-0.25, -0.2) is 0 Å². The van der Waals surface area contributed by atoms with Gasteiger partial charge in [-0.3, -0.25) is 0 Å². The van der Waals surface area contributed by atoms with Gasteiger partial charge in [0, 0.05) is 0 Å². The minimum Gasteiger partial charge on any atom is -0.790 e. The molecule has 25 heteroatoms. The van der Waals surface area contributed by atoms with Crippen molar-refractivity contribution in [1.82, 2.24) is 0 Å². The molecule has 21 nitrogen and oxygen atoms in total. The summed E-state index contributed by atoms with van der Waals surface area (Å²) < 4.78 is 47.2. The SMILES string of the molecule is N[C@@H](CO[C@@H]1OC[C@@H](O[C@@H]2O[C@H](CO)[C@H](O[C@@H]3O[C@H](CO)[C@H](O)[C@H](O)[C@H]3O)[C@H](O)[C@H]2O)[C@H](O)[C@H]1OP(=O)([O-])[O-])C(=O)[O-].[Na+].[Na+].[Na+]. The maximum Gasteiger partial charge on any atom is 1.00 e. The molecule has 0 spiro atoms. The van der Waals surface area contributed by atoms with Crippen molar-refractivity contribution in [2.75, 3.05) is 26.4 Å². The first-order valence-electron chi connectivity index (χ1n) is 12.4. The number of nitrogens with two attached hydrogens (primary N) is 1. The summed E-state index contributed by atoms with van der Waals surface area (Å²) >= 11 is 0. The van der Waals surface area contributed by atoms with E-state index >= 15 is 0 Å². The van der Waals surface area contributed by atoms with Crippen LogP contribution in [0.15, 0.2) is 0 Å². The molecule has 0 aromatic rings. The molecular weight excluding hydrogens is 674 g/mol. The van der Waals surface area contributed by atoms with Crippen LogP contribution in [0.1, 0.15) is 0 Å². The zero-order chi connectivity index (χ0) is 31.5. The van der Waals surface area contributed by atoms with Crippen LogP contribution in [0.3, 0.4) is 0 Å². The van der Waals surface area contributed by atoms with E-state index in [9.17, 15) is 65.1 Å². The minimum atomic E-state index is -5.81. The second kappa shape index (κ2) is 20.7. The fourth-order valence-corrected chi connectivity index (χ4v) is 4.91. The Morgan fingerprint density at radius 2 is 1.33 bits per heavy atom. The van der Waals surface area contributed by atoms with E-state index in [0.717, 1.165) is 0 Å². The number of rotatable bonds is 12. The van der Waals surface area contributed by atoms with Gasteiger partial charge in [-0.15, -0.1) is 0 Å².